The highest BCUT2D eigenvalue weighted by molar-refractivity contribution is 5.50. The number of fused-ring (bicyclic) bond motifs is 1. The number of nitrogens with zero attached hydrogens (tertiary/aromatic N) is 1. The third-order valence-electron chi connectivity index (χ3n) is 5.50. The molecule has 0 saturated heterocycles. The Kier molecular flexibility index (Phi) is 6.68. The van der Waals surface area contributed by atoms with E-state index in [1.54, 1.807) is 28.4 Å². The lowest BCUT2D eigenvalue weighted by Gasteiger charge is -2.38. The summed E-state index contributed by atoms with van der Waals surface area (Å²) < 4.78 is 22.0. The van der Waals surface area contributed by atoms with Crippen molar-refractivity contribution in [1.82, 2.24) is 4.90 Å². The zero-order valence-corrected chi connectivity index (χ0v) is 17.6. The maximum atomic E-state index is 5.58. The maximum Gasteiger partial charge on any atom is 0.161 e. The van der Waals surface area contributed by atoms with E-state index in [1.807, 2.05) is 6.07 Å². The number of benzene rings is 2. The second-order valence-electron chi connectivity index (χ2n) is 7.10. The van der Waals surface area contributed by atoms with Crippen molar-refractivity contribution >= 4 is 0 Å². The SMILES string of the molecule is CCCN1CCc2cc(OC)c(OC)cc2[C@H]1Cc1ccc(OC)c(OC)c1. The van der Waals surface area contributed by atoms with Crippen LogP contribution < -0.4 is 18.9 Å². The van der Waals surface area contributed by atoms with E-state index < -0.39 is 0 Å². The normalized spacial score (nSPS) is 16.4. The van der Waals surface area contributed by atoms with E-state index >= 15 is 0 Å². The third-order valence-corrected chi connectivity index (χ3v) is 5.50. The van der Waals surface area contributed by atoms with Gasteiger partial charge in [0.05, 0.1) is 28.4 Å². The van der Waals surface area contributed by atoms with Gasteiger partial charge in [0.15, 0.2) is 23.0 Å². The van der Waals surface area contributed by atoms with Crippen molar-refractivity contribution in [2.24, 2.45) is 0 Å². The van der Waals surface area contributed by atoms with E-state index in [-0.39, 0.29) is 0 Å². The standard InChI is InChI=1S/C23H31NO4/c1-6-10-24-11-9-17-14-22(27-4)23(28-5)15-18(17)19(24)12-16-7-8-20(25-2)21(13-16)26-3/h7-8,13-15,19H,6,9-12H2,1-5H3/t19-/m1/s1. The second-order valence-corrected chi connectivity index (χ2v) is 7.10. The molecule has 1 heterocycles. The van der Waals surface area contributed by atoms with E-state index in [2.05, 4.69) is 36.1 Å². The molecule has 1 atom stereocenters. The molecule has 5 nitrogen and oxygen atoms in total. The molecule has 0 saturated carbocycles. The van der Waals surface area contributed by atoms with Crippen LogP contribution in [0.5, 0.6) is 23.0 Å². The number of hydrogen-bond donors (Lipinski definition) is 0. The van der Waals surface area contributed by atoms with Gasteiger partial charge in [-0.15, -0.1) is 0 Å². The fourth-order valence-electron chi connectivity index (χ4n) is 4.10. The molecule has 0 spiro atoms. The Morgan fingerprint density at radius 3 is 2.14 bits per heavy atom. The smallest absolute Gasteiger partial charge is 0.161 e. The van der Waals surface area contributed by atoms with Crippen molar-refractivity contribution in [3.8, 4) is 23.0 Å². The van der Waals surface area contributed by atoms with Crippen molar-refractivity contribution in [3.05, 3.63) is 47.0 Å². The first-order valence-corrected chi connectivity index (χ1v) is 9.84. The van der Waals surface area contributed by atoms with E-state index in [0.29, 0.717) is 6.04 Å². The van der Waals surface area contributed by atoms with Gasteiger partial charge in [-0.3, -0.25) is 4.90 Å². The van der Waals surface area contributed by atoms with Crippen LogP contribution in [-0.4, -0.2) is 46.4 Å². The number of ether oxygens (including phenoxy) is 4. The van der Waals surface area contributed by atoms with Crippen molar-refractivity contribution in [2.45, 2.75) is 32.2 Å². The fraction of sp³-hybridized carbons (Fsp3) is 0.478. The molecule has 0 aromatic heterocycles. The Balaban J connectivity index is 1.99. The molecule has 0 unspecified atom stereocenters. The lowest BCUT2D eigenvalue weighted by Crippen LogP contribution is -2.37. The summed E-state index contributed by atoms with van der Waals surface area (Å²) in [6.45, 7) is 4.36. The highest BCUT2D eigenvalue weighted by Gasteiger charge is 2.29. The molecule has 0 amide bonds. The van der Waals surface area contributed by atoms with Crippen molar-refractivity contribution in [1.29, 1.82) is 0 Å². The van der Waals surface area contributed by atoms with Crippen molar-refractivity contribution < 1.29 is 18.9 Å². The Morgan fingerprint density at radius 2 is 1.50 bits per heavy atom. The average molecular weight is 386 g/mol. The van der Waals surface area contributed by atoms with Gasteiger partial charge in [0.25, 0.3) is 0 Å². The summed E-state index contributed by atoms with van der Waals surface area (Å²) in [6, 6.07) is 10.8. The zero-order chi connectivity index (χ0) is 20.1. The van der Waals surface area contributed by atoms with Gasteiger partial charge in [-0.1, -0.05) is 13.0 Å². The Labute approximate surface area is 168 Å². The molecular formula is C23H31NO4. The van der Waals surface area contributed by atoms with Gasteiger partial charge in [0, 0.05) is 12.6 Å². The maximum absolute atomic E-state index is 5.58. The van der Waals surface area contributed by atoms with Crippen LogP contribution in [0.4, 0.5) is 0 Å². The number of hydrogen-bond acceptors (Lipinski definition) is 5. The summed E-state index contributed by atoms with van der Waals surface area (Å²) in [4.78, 5) is 2.57. The molecule has 28 heavy (non-hydrogen) atoms. The first-order chi connectivity index (χ1) is 13.6. The summed E-state index contributed by atoms with van der Waals surface area (Å²) in [7, 11) is 6.73. The highest BCUT2D eigenvalue weighted by atomic mass is 16.5. The molecular weight excluding hydrogens is 354 g/mol. The fourth-order valence-corrected chi connectivity index (χ4v) is 4.10. The van der Waals surface area contributed by atoms with Gasteiger partial charge in [0.1, 0.15) is 0 Å². The van der Waals surface area contributed by atoms with Gasteiger partial charge in [-0.25, -0.2) is 0 Å². The first kappa shape index (κ1) is 20.3. The quantitative estimate of drug-likeness (QED) is 0.679. The largest absolute Gasteiger partial charge is 0.493 e. The summed E-state index contributed by atoms with van der Waals surface area (Å²) in [5.41, 5.74) is 3.90. The zero-order valence-electron chi connectivity index (χ0n) is 17.6. The number of rotatable bonds is 8. The van der Waals surface area contributed by atoms with Crippen LogP contribution in [0, 0.1) is 0 Å². The van der Waals surface area contributed by atoms with Gasteiger partial charge in [-0.05, 0) is 66.8 Å². The molecule has 0 fully saturated rings. The lowest BCUT2D eigenvalue weighted by atomic mass is 9.88. The summed E-state index contributed by atoms with van der Waals surface area (Å²) in [5, 5.41) is 0. The predicted octanol–water partition coefficient (Wildman–Crippen LogP) is 4.27. The molecule has 5 heteroatoms. The van der Waals surface area contributed by atoms with E-state index in [9.17, 15) is 0 Å². The summed E-state index contributed by atoms with van der Waals surface area (Å²) >= 11 is 0. The van der Waals surface area contributed by atoms with Crippen LogP contribution in [0.25, 0.3) is 0 Å². The average Bonchev–Trinajstić information content (AvgIpc) is 2.74. The summed E-state index contributed by atoms with van der Waals surface area (Å²) in [5.74, 6) is 3.12. The third kappa shape index (κ3) is 4.04. The topological polar surface area (TPSA) is 40.2 Å². The Bertz CT molecular complexity index is 805. The minimum absolute atomic E-state index is 0.293. The molecule has 1 aliphatic heterocycles. The van der Waals surface area contributed by atoms with Crippen LogP contribution in [0.2, 0.25) is 0 Å². The molecule has 0 aliphatic carbocycles. The molecule has 152 valence electrons. The Morgan fingerprint density at radius 1 is 0.857 bits per heavy atom. The second kappa shape index (κ2) is 9.20. The van der Waals surface area contributed by atoms with Crippen LogP contribution >= 0.6 is 0 Å². The first-order valence-electron chi connectivity index (χ1n) is 9.84. The summed E-state index contributed by atoms with van der Waals surface area (Å²) in [6.07, 6.45) is 3.06. The van der Waals surface area contributed by atoms with Gasteiger partial charge in [-0.2, -0.15) is 0 Å². The molecule has 0 N–H and O–H groups in total. The van der Waals surface area contributed by atoms with Crippen LogP contribution in [0.1, 0.15) is 36.1 Å². The minimum Gasteiger partial charge on any atom is -0.493 e. The van der Waals surface area contributed by atoms with E-state index in [0.717, 1.165) is 55.4 Å². The van der Waals surface area contributed by atoms with Crippen LogP contribution in [0.3, 0.4) is 0 Å². The Hall–Kier alpha value is -2.40. The van der Waals surface area contributed by atoms with Gasteiger partial charge in [0.2, 0.25) is 0 Å². The molecule has 0 radical (unpaired) electrons. The van der Waals surface area contributed by atoms with Crippen molar-refractivity contribution in [3.63, 3.8) is 0 Å². The lowest BCUT2D eigenvalue weighted by molar-refractivity contribution is 0.183. The highest BCUT2D eigenvalue weighted by Crippen LogP contribution is 2.40. The number of methoxy groups -OCH3 is 4. The van der Waals surface area contributed by atoms with Crippen LogP contribution in [0.15, 0.2) is 30.3 Å². The van der Waals surface area contributed by atoms with Crippen LogP contribution in [-0.2, 0) is 12.8 Å². The van der Waals surface area contributed by atoms with Gasteiger partial charge >= 0.3 is 0 Å². The van der Waals surface area contributed by atoms with Crippen molar-refractivity contribution in [2.75, 3.05) is 41.5 Å². The predicted molar refractivity (Wildman–Crippen MR) is 111 cm³/mol. The molecule has 0 bridgehead atoms. The van der Waals surface area contributed by atoms with E-state index in [4.69, 9.17) is 18.9 Å². The molecule has 2 aromatic carbocycles. The van der Waals surface area contributed by atoms with Gasteiger partial charge < -0.3 is 18.9 Å². The molecule has 2 aromatic rings. The van der Waals surface area contributed by atoms with E-state index in [1.165, 1.54) is 16.7 Å². The molecule has 3 rings (SSSR count). The monoisotopic (exact) mass is 385 g/mol. The molecule has 1 aliphatic rings. The minimum atomic E-state index is 0.293.